The van der Waals surface area contributed by atoms with Crippen LogP contribution in [-0.2, 0) is 9.16 Å². The van der Waals surface area contributed by atoms with Crippen LogP contribution >= 0.6 is 0 Å². The fourth-order valence-corrected chi connectivity index (χ4v) is 5.87. The van der Waals surface area contributed by atoms with Gasteiger partial charge in [0.25, 0.3) is 0 Å². The lowest BCUT2D eigenvalue weighted by Crippen LogP contribution is -2.52. The fraction of sp³-hybridized carbons (Fsp3) is 0.824. The SMILES string of the molecule is C[Si](C)(C)C/C=C1/CO[C@@H]2CCC[C@](C#N)(O[Si](C)(C)C)[C@H]12. The lowest BCUT2D eigenvalue weighted by atomic mass is 9.72. The maximum absolute atomic E-state index is 9.97. The molecular formula is C17H31NO2Si2. The van der Waals surface area contributed by atoms with Crippen LogP contribution in [0.2, 0.25) is 45.3 Å². The summed E-state index contributed by atoms with van der Waals surface area (Å²) in [7, 11) is -2.92. The van der Waals surface area contributed by atoms with Gasteiger partial charge in [-0.2, -0.15) is 5.26 Å². The van der Waals surface area contributed by atoms with Gasteiger partial charge < -0.3 is 9.16 Å². The Hall–Kier alpha value is -0.416. The first kappa shape index (κ1) is 17.9. The number of nitriles is 1. The molecule has 0 N–H and O–H groups in total. The van der Waals surface area contributed by atoms with Crippen molar-refractivity contribution < 1.29 is 9.16 Å². The van der Waals surface area contributed by atoms with E-state index >= 15 is 0 Å². The van der Waals surface area contributed by atoms with Gasteiger partial charge in [-0.05, 0) is 50.5 Å². The van der Waals surface area contributed by atoms with Crippen molar-refractivity contribution in [3.05, 3.63) is 11.6 Å². The maximum atomic E-state index is 9.97. The lowest BCUT2D eigenvalue weighted by Gasteiger charge is -2.43. The maximum Gasteiger partial charge on any atom is 0.185 e. The highest BCUT2D eigenvalue weighted by Crippen LogP contribution is 2.47. The Morgan fingerprint density at radius 2 is 2.00 bits per heavy atom. The number of hydrogen-bond acceptors (Lipinski definition) is 3. The molecule has 1 saturated carbocycles. The van der Waals surface area contributed by atoms with Crippen LogP contribution in [0.25, 0.3) is 0 Å². The Balaban J connectivity index is 2.32. The van der Waals surface area contributed by atoms with E-state index in [1.165, 1.54) is 5.57 Å². The minimum absolute atomic E-state index is 0.148. The van der Waals surface area contributed by atoms with Gasteiger partial charge in [0.15, 0.2) is 13.9 Å². The standard InChI is InChI=1S/C17H31NO2Si2/c1-21(2,3)11-9-14-12-19-15-8-7-10-17(13-18,16(14)15)20-22(4,5)6/h9,15-16H,7-8,10-12H2,1-6H3/b14-9-/t15-,16-,17-/m1/s1. The summed E-state index contributed by atoms with van der Waals surface area (Å²) < 4.78 is 12.5. The minimum atomic E-state index is -1.78. The molecule has 5 heteroatoms. The highest BCUT2D eigenvalue weighted by molar-refractivity contribution is 6.76. The smallest absolute Gasteiger partial charge is 0.185 e. The van der Waals surface area contributed by atoms with Crippen molar-refractivity contribution in [2.75, 3.05) is 6.61 Å². The van der Waals surface area contributed by atoms with E-state index in [0.717, 1.165) is 25.3 Å². The molecule has 124 valence electrons. The van der Waals surface area contributed by atoms with E-state index in [2.05, 4.69) is 51.4 Å². The molecule has 1 aliphatic heterocycles. The Morgan fingerprint density at radius 1 is 1.32 bits per heavy atom. The van der Waals surface area contributed by atoms with Gasteiger partial charge in [0.2, 0.25) is 0 Å². The zero-order chi connectivity index (χ0) is 16.6. The summed E-state index contributed by atoms with van der Waals surface area (Å²) in [5, 5.41) is 9.97. The van der Waals surface area contributed by atoms with Crippen LogP contribution in [0.3, 0.4) is 0 Å². The van der Waals surface area contributed by atoms with Crippen molar-refractivity contribution in [3.8, 4) is 6.07 Å². The molecule has 0 radical (unpaired) electrons. The molecule has 22 heavy (non-hydrogen) atoms. The highest BCUT2D eigenvalue weighted by Gasteiger charge is 2.53. The highest BCUT2D eigenvalue weighted by atomic mass is 28.4. The van der Waals surface area contributed by atoms with Gasteiger partial charge in [-0.15, -0.1) is 0 Å². The van der Waals surface area contributed by atoms with Crippen molar-refractivity contribution in [2.45, 2.75) is 76.3 Å². The van der Waals surface area contributed by atoms with Crippen LogP contribution in [-0.4, -0.2) is 34.7 Å². The third-order valence-corrected chi connectivity index (χ3v) is 6.83. The summed E-state index contributed by atoms with van der Waals surface area (Å²) in [6.45, 7) is 14.4. The molecule has 0 aromatic rings. The number of allylic oxidation sites excluding steroid dienone is 1. The fourth-order valence-electron chi connectivity index (χ4n) is 3.63. The third-order valence-electron chi connectivity index (χ3n) is 4.43. The van der Waals surface area contributed by atoms with Gasteiger partial charge in [0.05, 0.1) is 18.8 Å². The number of fused-ring (bicyclic) bond motifs is 1. The molecule has 1 saturated heterocycles. The molecule has 2 rings (SSSR count). The van der Waals surface area contributed by atoms with Crippen LogP contribution in [0.1, 0.15) is 19.3 Å². The third kappa shape index (κ3) is 4.11. The number of hydrogen-bond donors (Lipinski definition) is 0. The molecule has 1 heterocycles. The van der Waals surface area contributed by atoms with Gasteiger partial charge in [-0.25, -0.2) is 0 Å². The molecule has 0 amide bonds. The first-order chi connectivity index (χ1) is 10.1. The molecule has 3 nitrogen and oxygen atoms in total. The summed E-state index contributed by atoms with van der Waals surface area (Å²) in [4.78, 5) is 0. The molecule has 0 spiro atoms. The van der Waals surface area contributed by atoms with E-state index in [0.29, 0.717) is 6.61 Å². The van der Waals surface area contributed by atoms with Crippen LogP contribution in [0.4, 0.5) is 0 Å². The summed E-state index contributed by atoms with van der Waals surface area (Å²) >= 11 is 0. The molecule has 0 bridgehead atoms. The zero-order valence-corrected chi connectivity index (χ0v) is 17.0. The van der Waals surface area contributed by atoms with E-state index in [1.807, 2.05) is 0 Å². The van der Waals surface area contributed by atoms with Crippen LogP contribution in [0.15, 0.2) is 11.6 Å². The average molecular weight is 338 g/mol. The number of ether oxygens (including phenoxy) is 1. The predicted octanol–water partition coefficient (Wildman–Crippen LogP) is 4.56. The summed E-state index contributed by atoms with van der Waals surface area (Å²) in [6.07, 6.45) is 5.50. The van der Waals surface area contributed by atoms with Crippen molar-refractivity contribution >= 4 is 16.4 Å². The van der Waals surface area contributed by atoms with E-state index in [4.69, 9.17) is 9.16 Å². The molecule has 0 aromatic carbocycles. The second kappa shape index (κ2) is 6.23. The lowest BCUT2D eigenvalue weighted by molar-refractivity contribution is -0.0291. The van der Waals surface area contributed by atoms with Gasteiger partial charge in [-0.1, -0.05) is 25.7 Å². The first-order valence-electron chi connectivity index (χ1n) is 8.48. The Labute approximate surface area is 137 Å². The topological polar surface area (TPSA) is 42.2 Å². The summed E-state index contributed by atoms with van der Waals surface area (Å²) in [6, 6.07) is 3.73. The average Bonchev–Trinajstić information content (AvgIpc) is 2.78. The van der Waals surface area contributed by atoms with Gasteiger partial charge in [-0.3, -0.25) is 0 Å². The second-order valence-corrected chi connectivity index (χ2v) is 18.9. The summed E-state index contributed by atoms with van der Waals surface area (Å²) in [5.74, 6) is 0.148. The summed E-state index contributed by atoms with van der Waals surface area (Å²) in [5.41, 5.74) is 0.668. The van der Waals surface area contributed by atoms with Gasteiger partial charge >= 0.3 is 0 Å². The van der Waals surface area contributed by atoms with E-state index in [9.17, 15) is 5.26 Å². The molecule has 0 aromatic heterocycles. The normalized spacial score (nSPS) is 34.5. The second-order valence-electron chi connectivity index (χ2n) is 8.98. The molecular weight excluding hydrogens is 306 g/mol. The Morgan fingerprint density at radius 3 is 2.55 bits per heavy atom. The predicted molar refractivity (Wildman–Crippen MR) is 96.1 cm³/mol. The van der Waals surface area contributed by atoms with Gasteiger partial charge in [0.1, 0.15) is 0 Å². The zero-order valence-electron chi connectivity index (χ0n) is 15.0. The van der Waals surface area contributed by atoms with E-state index in [-0.39, 0.29) is 12.0 Å². The van der Waals surface area contributed by atoms with Crippen molar-refractivity contribution in [2.24, 2.45) is 5.92 Å². The minimum Gasteiger partial charge on any atom is -0.399 e. The van der Waals surface area contributed by atoms with E-state index < -0.39 is 22.0 Å². The van der Waals surface area contributed by atoms with Crippen LogP contribution < -0.4 is 0 Å². The largest absolute Gasteiger partial charge is 0.399 e. The van der Waals surface area contributed by atoms with Crippen LogP contribution in [0.5, 0.6) is 0 Å². The van der Waals surface area contributed by atoms with Crippen molar-refractivity contribution in [1.29, 1.82) is 5.26 Å². The Kier molecular flexibility index (Phi) is 5.08. The van der Waals surface area contributed by atoms with Crippen molar-refractivity contribution in [3.63, 3.8) is 0 Å². The molecule has 2 fully saturated rings. The Bertz CT molecular complexity index is 484. The number of rotatable bonds is 4. The molecule has 0 unspecified atom stereocenters. The van der Waals surface area contributed by atoms with Crippen molar-refractivity contribution in [1.82, 2.24) is 0 Å². The van der Waals surface area contributed by atoms with E-state index in [1.54, 1.807) is 0 Å². The molecule has 1 aliphatic carbocycles. The molecule has 2 aliphatic rings. The quantitative estimate of drug-likeness (QED) is 0.557. The first-order valence-corrected chi connectivity index (χ1v) is 15.6. The van der Waals surface area contributed by atoms with Crippen LogP contribution in [0, 0.1) is 17.2 Å². The van der Waals surface area contributed by atoms with Gasteiger partial charge in [0, 0.05) is 14.0 Å². The monoisotopic (exact) mass is 337 g/mol. The molecule has 3 atom stereocenters. The number of nitrogens with zero attached hydrogens (tertiary/aromatic N) is 1.